The molecule has 0 saturated carbocycles. The van der Waals surface area contributed by atoms with Gasteiger partial charge in [0.2, 0.25) is 5.91 Å². The Labute approximate surface area is 112 Å². The number of nitrogens with zero attached hydrogens (tertiary/aromatic N) is 1. The third-order valence-corrected chi connectivity index (χ3v) is 4.57. The van der Waals surface area contributed by atoms with Gasteiger partial charge in [0.25, 0.3) is 0 Å². The number of aryl methyl sites for hydroxylation is 1. The second kappa shape index (κ2) is 5.76. The lowest BCUT2D eigenvalue weighted by Crippen LogP contribution is -2.40. The Hall–Kier alpha value is -1.00. The van der Waals surface area contributed by atoms with E-state index in [1.165, 1.54) is 5.56 Å². The second-order valence-corrected chi connectivity index (χ2v) is 5.69. The molecule has 4 heteroatoms. The molecule has 1 aliphatic rings. The summed E-state index contributed by atoms with van der Waals surface area (Å²) in [6.45, 7) is 4.09. The number of hydrogen-bond acceptors (Lipinski definition) is 3. The van der Waals surface area contributed by atoms with Gasteiger partial charge in [-0.2, -0.15) is 0 Å². The lowest BCUT2D eigenvalue weighted by Gasteiger charge is -2.31. The van der Waals surface area contributed by atoms with Crippen LogP contribution in [0.5, 0.6) is 0 Å². The molecular weight excluding hydrogens is 246 g/mol. The van der Waals surface area contributed by atoms with Gasteiger partial charge in [0.1, 0.15) is 5.37 Å². The summed E-state index contributed by atoms with van der Waals surface area (Å²) in [6.07, 6.45) is 0.783. The fourth-order valence-corrected chi connectivity index (χ4v) is 3.48. The van der Waals surface area contributed by atoms with E-state index in [0.717, 1.165) is 12.0 Å². The van der Waals surface area contributed by atoms with Crippen LogP contribution in [0.15, 0.2) is 24.3 Å². The van der Waals surface area contributed by atoms with Crippen LogP contribution in [0.1, 0.15) is 29.8 Å². The van der Waals surface area contributed by atoms with E-state index in [4.69, 9.17) is 0 Å². The molecule has 0 unspecified atom stereocenters. The van der Waals surface area contributed by atoms with Crippen LogP contribution in [0.25, 0.3) is 0 Å². The van der Waals surface area contributed by atoms with Gasteiger partial charge in [-0.15, -0.1) is 11.8 Å². The van der Waals surface area contributed by atoms with Crippen LogP contribution in [0.3, 0.4) is 0 Å². The van der Waals surface area contributed by atoms with Crippen molar-refractivity contribution in [2.24, 2.45) is 0 Å². The number of hydrogen-bond donors (Lipinski definition) is 1. The summed E-state index contributed by atoms with van der Waals surface area (Å²) in [6, 6.07) is 8.21. The van der Waals surface area contributed by atoms with Crippen LogP contribution in [-0.2, 0) is 4.79 Å². The molecule has 1 aromatic carbocycles. The maximum absolute atomic E-state index is 12.0. The lowest BCUT2D eigenvalue weighted by atomic mass is 10.1. The van der Waals surface area contributed by atoms with Gasteiger partial charge >= 0.3 is 0 Å². The SMILES string of the molecule is CC[C@@H](CO)N1C(=O)CS[C@@H]1c1ccc(C)cc1. The van der Waals surface area contributed by atoms with Crippen LogP contribution < -0.4 is 0 Å². The lowest BCUT2D eigenvalue weighted by molar-refractivity contribution is -0.131. The molecule has 2 atom stereocenters. The number of carbonyl (C=O) groups excluding carboxylic acids is 1. The third kappa shape index (κ3) is 2.54. The van der Waals surface area contributed by atoms with Gasteiger partial charge in [0.05, 0.1) is 18.4 Å². The molecule has 1 N–H and O–H groups in total. The molecule has 1 saturated heterocycles. The number of thioether (sulfide) groups is 1. The van der Waals surface area contributed by atoms with Gasteiger partial charge in [0, 0.05) is 0 Å². The molecule has 0 radical (unpaired) electrons. The van der Waals surface area contributed by atoms with Crippen molar-refractivity contribution in [3.8, 4) is 0 Å². The fourth-order valence-electron chi connectivity index (χ4n) is 2.23. The minimum atomic E-state index is -0.0706. The highest BCUT2D eigenvalue weighted by Crippen LogP contribution is 2.40. The zero-order valence-electron chi connectivity index (χ0n) is 10.8. The van der Waals surface area contributed by atoms with Crippen molar-refractivity contribution < 1.29 is 9.90 Å². The van der Waals surface area contributed by atoms with Gasteiger partial charge in [-0.3, -0.25) is 4.79 Å². The Morgan fingerprint density at radius 2 is 2.11 bits per heavy atom. The highest BCUT2D eigenvalue weighted by Gasteiger charge is 2.36. The summed E-state index contributed by atoms with van der Waals surface area (Å²) >= 11 is 1.64. The first-order valence-corrected chi connectivity index (χ1v) is 7.32. The Balaban J connectivity index is 2.26. The summed E-state index contributed by atoms with van der Waals surface area (Å²) in [7, 11) is 0. The highest BCUT2D eigenvalue weighted by molar-refractivity contribution is 8.00. The van der Waals surface area contributed by atoms with Crippen molar-refractivity contribution in [1.82, 2.24) is 4.90 Å². The number of rotatable bonds is 4. The number of benzene rings is 1. The van der Waals surface area contributed by atoms with Crippen LogP contribution >= 0.6 is 11.8 Å². The monoisotopic (exact) mass is 265 g/mol. The molecule has 1 amide bonds. The number of amides is 1. The molecule has 0 bridgehead atoms. The van der Waals surface area contributed by atoms with Crippen LogP contribution in [0.2, 0.25) is 0 Å². The summed E-state index contributed by atoms with van der Waals surface area (Å²) in [4.78, 5) is 13.8. The van der Waals surface area contributed by atoms with E-state index in [9.17, 15) is 9.90 Å². The maximum Gasteiger partial charge on any atom is 0.234 e. The van der Waals surface area contributed by atoms with E-state index in [1.54, 1.807) is 11.8 Å². The zero-order valence-corrected chi connectivity index (χ0v) is 11.6. The Morgan fingerprint density at radius 1 is 1.44 bits per heavy atom. The average molecular weight is 265 g/mol. The van der Waals surface area contributed by atoms with Crippen molar-refractivity contribution in [1.29, 1.82) is 0 Å². The van der Waals surface area contributed by atoms with Crippen molar-refractivity contribution in [3.63, 3.8) is 0 Å². The van der Waals surface area contributed by atoms with Crippen LogP contribution in [0, 0.1) is 6.92 Å². The highest BCUT2D eigenvalue weighted by atomic mass is 32.2. The molecule has 98 valence electrons. The summed E-state index contributed by atoms with van der Waals surface area (Å²) in [5.74, 6) is 0.640. The van der Waals surface area contributed by atoms with E-state index in [-0.39, 0.29) is 23.9 Å². The maximum atomic E-state index is 12.0. The van der Waals surface area contributed by atoms with Gasteiger partial charge in [-0.05, 0) is 18.9 Å². The quantitative estimate of drug-likeness (QED) is 0.908. The molecule has 0 aliphatic carbocycles. The topological polar surface area (TPSA) is 40.5 Å². The van der Waals surface area contributed by atoms with E-state index < -0.39 is 0 Å². The average Bonchev–Trinajstić information content (AvgIpc) is 2.75. The Bertz CT molecular complexity index is 414. The number of carbonyl (C=O) groups is 1. The van der Waals surface area contributed by atoms with Gasteiger partial charge in [0.15, 0.2) is 0 Å². The second-order valence-electron chi connectivity index (χ2n) is 4.62. The predicted molar refractivity (Wildman–Crippen MR) is 74.4 cm³/mol. The Kier molecular flexibility index (Phi) is 4.30. The Morgan fingerprint density at radius 3 is 2.67 bits per heavy atom. The first-order valence-electron chi connectivity index (χ1n) is 6.27. The van der Waals surface area contributed by atoms with E-state index in [2.05, 4.69) is 31.2 Å². The van der Waals surface area contributed by atoms with Crippen LogP contribution in [0.4, 0.5) is 0 Å². The van der Waals surface area contributed by atoms with E-state index in [0.29, 0.717) is 5.75 Å². The molecule has 1 aromatic rings. The molecule has 3 nitrogen and oxygen atoms in total. The minimum Gasteiger partial charge on any atom is -0.394 e. The van der Waals surface area contributed by atoms with Crippen molar-refractivity contribution in [2.45, 2.75) is 31.7 Å². The van der Waals surface area contributed by atoms with Gasteiger partial charge in [-0.1, -0.05) is 36.8 Å². The van der Waals surface area contributed by atoms with E-state index >= 15 is 0 Å². The third-order valence-electron chi connectivity index (χ3n) is 3.34. The predicted octanol–water partition coefficient (Wildman–Crippen LogP) is 2.34. The standard InChI is InChI=1S/C14H19NO2S/c1-3-12(8-16)15-13(17)9-18-14(15)11-6-4-10(2)5-7-11/h4-7,12,14,16H,3,8-9H2,1-2H3/t12-,14+/m0/s1. The summed E-state index contributed by atoms with van der Waals surface area (Å²) < 4.78 is 0. The molecule has 0 aromatic heterocycles. The molecule has 2 rings (SSSR count). The van der Waals surface area contributed by atoms with E-state index in [1.807, 2.05) is 11.8 Å². The first kappa shape index (κ1) is 13.4. The summed E-state index contributed by atoms with van der Waals surface area (Å²) in [5, 5.41) is 9.46. The number of aliphatic hydroxyl groups excluding tert-OH is 1. The first-order chi connectivity index (χ1) is 8.67. The fraction of sp³-hybridized carbons (Fsp3) is 0.500. The van der Waals surface area contributed by atoms with Gasteiger partial charge in [-0.25, -0.2) is 0 Å². The molecular formula is C14H19NO2S. The zero-order chi connectivity index (χ0) is 13.1. The molecule has 1 aliphatic heterocycles. The molecule has 0 spiro atoms. The molecule has 18 heavy (non-hydrogen) atoms. The van der Waals surface area contributed by atoms with Crippen LogP contribution in [-0.4, -0.2) is 34.3 Å². The number of aliphatic hydroxyl groups is 1. The largest absolute Gasteiger partial charge is 0.394 e. The van der Waals surface area contributed by atoms with Crippen molar-refractivity contribution in [3.05, 3.63) is 35.4 Å². The summed E-state index contributed by atoms with van der Waals surface area (Å²) in [5.41, 5.74) is 2.36. The smallest absolute Gasteiger partial charge is 0.234 e. The molecule has 1 heterocycles. The normalized spacial score (nSPS) is 21.4. The minimum absolute atomic E-state index is 0.0329. The van der Waals surface area contributed by atoms with Crippen molar-refractivity contribution in [2.75, 3.05) is 12.4 Å². The van der Waals surface area contributed by atoms with Crippen molar-refractivity contribution >= 4 is 17.7 Å². The molecule has 1 fully saturated rings. The van der Waals surface area contributed by atoms with Gasteiger partial charge < -0.3 is 10.0 Å².